The average molecular weight is 384 g/mol. The Labute approximate surface area is 146 Å². The van der Waals surface area contributed by atoms with Crippen LogP contribution in [0.5, 0.6) is 0 Å². The summed E-state index contributed by atoms with van der Waals surface area (Å²) < 4.78 is 77.2. The van der Waals surface area contributed by atoms with Crippen LogP contribution in [-0.2, 0) is 16.0 Å². The molecule has 136 valence electrons. The molecule has 0 unspecified atom stereocenters. The zero-order valence-corrected chi connectivity index (χ0v) is 14.1. The maximum atomic E-state index is 14.1. The maximum Gasteiger partial charge on any atom is 0.433 e. The predicted octanol–water partition coefficient (Wildman–Crippen LogP) is 4.31. The fourth-order valence-corrected chi connectivity index (χ4v) is 3.17. The van der Waals surface area contributed by atoms with E-state index in [9.17, 15) is 26.0 Å². The number of nitrogens with zero attached hydrogens (tertiary/aromatic N) is 1. The highest BCUT2D eigenvalue weighted by molar-refractivity contribution is 7.90. The molecule has 1 aromatic heterocycles. The normalized spacial score (nSPS) is 12.3. The van der Waals surface area contributed by atoms with Gasteiger partial charge in [0.1, 0.15) is 17.2 Å². The number of alkyl halides is 3. The third-order valence-corrected chi connectivity index (χ3v) is 4.88. The van der Waals surface area contributed by atoms with Crippen molar-refractivity contribution in [3.05, 3.63) is 60.0 Å². The summed E-state index contributed by atoms with van der Waals surface area (Å²) in [7, 11) is -3.46. The molecule has 0 bridgehead atoms. The summed E-state index contributed by atoms with van der Waals surface area (Å²) in [6.45, 7) is 0. The lowest BCUT2D eigenvalue weighted by molar-refractivity contribution is -0.140. The van der Waals surface area contributed by atoms with E-state index < -0.39 is 33.1 Å². The maximum absolute atomic E-state index is 14.1. The smallest absolute Gasteiger partial charge is 0.272 e. The van der Waals surface area contributed by atoms with Crippen molar-refractivity contribution in [2.45, 2.75) is 11.1 Å². The second-order valence-electron chi connectivity index (χ2n) is 5.60. The molecule has 0 aliphatic heterocycles. The molecule has 0 saturated heterocycles. The number of aromatic nitrogens is 2. The van der Waals surface area contributed by atoms with Crippen LogP contribution in [0.2, 0.25) is 0 Å². The lowest BCUT2D eigenvalue weighted by atomic mass is 9.98. The molecule has 0 atom stereocenters. The van der Waals surface area contributed by atoms with Crippen molar-refractivity contribution in [1.29, 1.82) is 0 Å². The van der Waals surface area contributed by atoms with E-state index in [-0.39, 0.29) is 21.7 Å². The first-order valence-corrected chi connectivity index (χ1v) is 9.19. The van der Waals surface area contributed by atoms with Gasteiger partial charge in [-0.2, -0.15) is 18.3 Å². The van der Waals surface area contributed by atoms with Crippen LogP contribution in [0, 0.1) is 5.82 Å². The SMILES string of the molecule is CS(=O)(=O)c1ccc(-c2n[nH]c(C(F)(F)F)c2-c2ccccc2F)cc1. The second-order valence-corrected chi connectivity index (χ2v) is 7.61. The van der Waals surface area contributed by atoms with Crippen molar-refractivity contribution in [1.82, 2.24) is 10.2 Å². The fourth-order valence-electron chi connectivity index (χ4n) is 2.54. The second kappa shape index (κ2) is 6.24. The van der Waals surface area contributed by atoms with Gasteiger partial charge in [-0.25, -0.2) is 12.8 Å². The van der Waals surface area contributed by atoms with Gasteiger partial charge < -0.3 is 0 Å². The van der Waals surface area contributed by atoms with Crippen molar-refractivity contribution in [2.24, 2.45) is 0 Å². The van der Waals surface area contributed by atoms with Crippen LogP contribution in [0.1, 0.15) is 5.69 Å². The molecule has 0 spiro atoms. The van der Waals surface area contributed by atoms with E-state index in [1.807, 2.05) is 5.10 Å². The molecule has 0 saturated carbocycles. The number of benzene rings is 2. The largest absolute Gasteiger partial charge is 0.433 e. The number of nitrogens with one attached hydrogen (secondary N) is 1. The number of hydrogen-bond acceptors (Lipinski definition) is 3. The third-order valence-electron chi connectivity index (χ3n) is 3.75. The zero-order valence-electron chi connectivity index (χ0n) is 13.3. The van der Waals surface area contributed by atoms with Crippen molar-refractivity contribution >= 4 is 9.84 Å². The fraction of sp³-hybridized carbons (Fsp3) is 0.118. The molecule has 0 fully saturated rings. The summed E-state index contributed by atoms with van der Waals surface area (Å²) in [5.74, 6) is -0.826. The van der Waals surface area contributed by atoms with Gasteiger partial charge in [0.2, 0.25) is 0 Å². The van der Waals surface area contributed by atoms with E-state index in [1.54, 1.807) is 0 Å². The van der Waals surface area contributed by atoms with Crippen LogP contribution >= 0.6 is 0 Å². The minimum absolute atomic E-state index is 0.0141. The van der Waals surface area contributed by atoms with E-state index >= 15 is 0 Å². The number of halogens is 4. The molecule has 3 aromatic rings. The highest BCUT2D eigenvalue weighted by atomic mass is 32.2. The summed E-state index contributed by atoms with van der Waals surface area (Å²) in [6, 6.07) is 10.3. The average Bonchev–Trinajstić information content (AvgIpc) is 2.99. The monoisotopic (exact) mass is 384 g/mol. The van der Waals surface area contributed by atoms with E-state index in [2.05, 4.69) is 5.10 Å². The van der Waals surface area contributed by atoms with Gasteiger partial charge in [0.25, 0.3) is 0 Å². The summed E-state index contributed by atoms with van der Waals surface area (Å²) in [5.41, 5.74) is -1.76. The highest BCUT2D eigenvalue weighted by Crippen LogP contribution is 2.41. The summed E-state index contributed by atoms with van der Waals surface area (Å²) in [6.07, 6.45) is -3.75. The predicted molar refractivity (Wildman–Crippen MR) is 87.5 cm³/mol. The van der Waals surface area contributed by atoms with Gasteiger partial charge in [0.15, 0.2) is 9.84 Å². The Balaban J connectivity index is 2.23. The number of H-pyrrole nitrogens is 1. The molecule has 0 aliphatic rings. The lowest BCUT2D eigenvalue weighted by Gasteiger charge is -2.10. The molecule has 3 rings (SSSR count). The van der Waals surface area contributed by atoms with E-state index in [0.29, 0.717) is 0 Å². The van der Waals surface area contributed by atoms with Gasteiger partial charge in [-0.1, -0.05) is 30.3 Å². The molecule has 1 N–H and O–H groups in total. The lowest BCUT2D eigenvalue weighted by Crippen LogP contribution is -2.07. The summed E-state index contributed by atoms with van der Waals surface area (Å²) in [4.78, 5) is 0.0141. The van der Waals surface area contributed by atoms with Crippen molar-refractivity contribution in [3.63, 3.8) is 0 Å². The van der Waals surface area contributed by atoms with E-state index in [0.717, 1.165) is 12.3 Å². The van der Waals surface area contributed by atoms with Crippen LogP contribution in [-0.4, -0.2) is 24.9 Å². The van der Waals surface area contributed by atoms with Crippen molar-refractivity contribution < 1.29 is 26.0 Å². The molecule has 4 nitrogen and oxygen atoms in total. The molecule has 2 aromatic carbocycles. The minimum Gasteiger partial charge on any atom is -0.272 e. The number of aromatic amines is 1. The molecule has 9 heteroatoms. The van der Waals surface area contributed by atoms with E-state index in [1.165, 1.54) is 42.5 Å². The molecule has 1 heterocycles. The Morgan fingerprint density at radius 2 is 1.62 bits per heavy atom. The first-order valence-electron chi connectivity index (χ1n) is 7.30. The number of rotatable bonds is 3. The van der Waals surface area contributed by atoms with Gasteiger partial charge in [0, 0.05) is 22.9 Å². The molecule has 26 heavy (non-hydrogen) atoms. The Morgan fingerprint density at radius 3 is 2.15 bits per heavy atom. The zero-order chi connectivity index (χ0) is 19.1. The number of sulfone groups is 1. The quantitative estimate of drug-likeness (QED) is 0.685. The van der Waals surface area contributed by atoms with Crippen LogP contribution < -0.4 is 0 Å². The molecule has 0 radical (unpaired) electrons. The molecule has 0 aliphatic carbocycles. The topological polar surface area (TPSA) is 62.8 Å². The first-order chi connectivity index (χ1) is 12.1. The Morgan fingerprint density at radius 1 is 1.00 bits per heavy atom. The minimum atomic E-state index is -4.77. The van der Waals surface area contributed by atoms with Gasteiger partial charge in [-0.3, -0.25) is 5.10 Å². The van der Waals surface area contributed by atoms with Crippen LogP contribution in [0.3, 0.4) is 0 Å². The third kappa shape index (κ3) is 3.34. The summed E-state index contributed by atoms with van der Waals surface area (Å²) >= 11 is 0. The highest BCUT2D eigenvalue weighted by Gasteiger charge is 2.38. The molecule has 0 amide bonds. The first kappa shape index (κ1) is 18.1. The standard InChI is InChI=1S/C17H12F4N2O2S/c1-26(24,25)11-8-6-10(7-9-11)15-14(12-4-2-3-5-13(12)18)16(23-22-15)17(19,20)21/h2-9H,1H3,(H,22,23). The molecular weight excluding hydrogens is 372 g/mol. The van der Waals surface area contributed by atoms with Crippen LogP contribution in [0.4, 0.5) is 17.6 Å². The van der Waals surface area contributed by atoms with Gasteiger partial charge in [-0.05, 0) is 18.2 Å². The van der Waals surface area contributed by atoms with Crippen LogP contribution in [0.25, 0.3) is 22.4 Å². The Kier molecular flexibility index (Phi) is 4.35. The van der Waals surface area contributed by atoms with Gasteiger partial charge in [0.05, 0.1) is 4.90 Å². The van der Waals surface area contributed by atoms with E-state index in [4.69, 9.17) is 0 Å². The van der Waals surface area contributed by atoms with Crippen molar-refractivity contribution in [3.8, 4) is 22.4 Å². The Bertz CT molecular complexity index is 1060. The number of hydrogen-bond donors (Lipinski definition) is 1. The van der Waals surface area contributed by atoms with Gasteiger partial charge in [-0.15, -0.1) is 0 Å². The van der Waals surface area contributed by atoms with Crippen molar-refractivity contribution in [2.75, 3.05) is 6.26 Å². The van der Waals surface area contributed by atoms with Crippen LogP contribution in [0.15, 0.2) is 53.4 Å². The summed E-state index contributed by atoms with van der Waals surface area (Å²) in [5, 5.41) is 5.62. The Hall–Kier alpha value is -2.68. The van der Waals surface area contributed by atoms with Gasteiger partial charge >= 0.3 is 6.18 Å². The molecular formula is C17H12F4N2O2S.